The van der Waals surface area contributed by atoms with Crippen LogP contribution in [0.25, 0.3) is 0 Å². The van der Waals surface area contributed by atoms with Crippen LogP contribution in [-0.4, -0.2) is 66.6 Å². The molecule has 0 N–H and O–H groups in total. The van der Waals surface area contributed by atoms with Gasteiger partial charge in [-0.3, -0.25) is 4.90 Å². The quantitative estimate of drug-likeness (QED) is 0.846. The van der Waals surface area contributed by atoms with Crippen LogP contribution >= 0.6 is 11.3 Å². The number of piperazine rings is 1. The summed E-state index contributed by atoms with van der Waals surface area (Å²) >= 11 is 0.753. The van der Waals surface area contributed by atoms with E-state index in [9.17, 15) is 13.2 Å². The molecule has 3 rings (SSSR count). The Morgan fingerprint density at radius 3 is 2.55 bits per heavy atom. The lowest BCUT2D eigenvalue weighted by Crippen LogP contribution is -2.50. The van der Waals surface area contributed by atoms with E-state index in [4.69, 9.17) is 0 Å². The van der Waals surface area contributed by atoms with Gasteiger partial charge in [0.1, 0.15) is 4.88 Å². The van der Waals surface area contributed by atoms with Crippen molar-refractivity contribution >= 4 is 16.5 Å². The molecule has 8 heteroatoms. The molecule has 0 saturated carbocycles. The Kier molecular flexibility index (Phi) is 4.61. The van der Waals surface area contributed by atoms with Crippen molar-refractivity contribution < 1.29 is 13.2 Å². The van der Waals surface area contributed by atoms with Crippen LogP contribution in [-0.2, 0) is 6.18 Å². The second kappa shape index (κ2) is 6.33. The van der Waals surface area contributed by atoms with E-state index >= 15 is 0 Å². The first-order valence-corrected chi connectivity index (χ1v) is 8.53. The van der Waals surface area contributed by atoms with Gasteiger partial charge in [0.25, 0.3) is 0 Å². The maximum Gasteiger partial charge on any atom is 0.427 e. The Labute approximate surface area is 132 Å². The maximum absolute atomic E-state index is 12.7. The van der Waals surface area contributed by atoms with E-state index in [1.807, 2.05) is 4.90 Å². The Bertz CT molecular complexity index is 497. The van der Waals surface area contributed by atoms with Gasteiger partial charge in [-0.2, -0.15) is 13.2 Å². The highest BCUT2D eigenvalue weighted by Crippen LogP contribution is 2.37. The van der Waals surface area contributed by atoms with Crippen molar-refractivity contribution in [3.8, 4) is 0 Å². The summed E-state index contributed by atoms with van der Waals surface area (Å²) in [6.07, 6.45) is -2.33. The fraction of sp³-hybridized carbons (Fsp3) is 0.786. The zero-order valence-electron chi connectivity index (χ0n) is 12.6. The summed E-state index contributed by atoms with van der Waals surface area (Å²) in [5.41, 5.74) is 0. The summed E-state index contributed by atoms with van der Waals surface area (Å²) < 4.78 is 38.0. The number of alkyl halides is 3. The number of halogens is 3. The number of thiazole rings is 1. The summed E-state index contributed by atoms with van der Waals surface area (Å²) in [4.78, 5) is 10.3. The Morgan fingerprint density at radius 2 is 1.95 bits per heavy atom. The van der Waals surface area contributed by atoms with Gasteiger partial charge in [-0.05, 0) is 13.0 Å². The predicted molar refractivity (Wildman–Crippen MR) is 81.4 cm³/mol. The number of likely N-dealkylation sites (N-methyl/N-ethyl adjacent to an activating group) is 1. The minimum absolute atomic E-state index is 0.442. The van der Waals surface area contributed by atoms with Crippen molar-refractivity contribution in [3.63, 3.8) is 0 Å². The Hall–Kier alpha value is -0.860. The van der Waals surface area contributed by atoms with E-state index in [0.717, 1.165) is 69.8 Å². The average molecular weight is 334 g/mol. The summed E-state index contributed by atoms with van der Waals surface area (Å²) in [7, 11) is 0. The summed E-state index contributed by atoms with van der Waals surface area (Å²) in [6.45, 7) is 9.12. The Balaban J connectivity index is 1.57. The van der Waals surface area contributed by atoms with Gasteiger partial charge in [0.05, 0.1) is 6.20 Å². The molecule has 4 nitrogen and oxygen atoms in total. The van der Waals surface area contributed by atoms with Gasteiger partial charge in [-0.25, -0.2) is 4.98 Å². The molecule has 0 radical (unpaired) electrons. The minimum Gasteiger partial charge on any atom is -0.346 e. The van der Waals surface area contributed by atoms with Crippen molar-refractivity contribution in [3.05, 3.63) is 11.1 Å². The van der Waals surface area contributed by atoms with Crippen LogP contribution in [0.2, 0.25) is 0 Å². The molecule has 2 fully saturated rings. The normalized spacial score (nSPS) is 25.1. The standard InChI is InChI=1S/C14H21F3N4S/c1-2-19-5-7-20(8-6-19)11-3-4-21(10-11)13-18-9-12(22-13)14(15,16)17/h9,11H,2-8,10H2,1H3. The first kappa shape index (κ1) is 16.0. The molecule has 2 saturated heterocycles. The molecule has 0 bridgehead atoms. The van der Waals surface area contributed by atoms with Gasteiger partial charge in [0.15, 0.2) is 5.13 Å². The summed E-state index contributed by atoms with van der Waals surface area (Å²) in [6, 6.07) is 0.442. The molecule has 124 valence electrons. The lowest BCUT2D eigenvalue weighted by atomic mass is 10.2. The largest absolute Gasteiger partial charge is 0.427 e. The van der Waals surface area contributed by atoms with E-state index in [1.54, 1.807) is 0 Å². The third kappa shape index (κ3) is 3.38. The van der Waals surface area contributed by atoms with Crippen molar-refractivity contribution in [1.29, 1.82) is 0 Å². The molecule has 2 aliphatic heterocycles. The second-order valence-electron chi connectivity index (χ2n) is 5.86. The van der Waals surface area contributed by atoms with Crippen LogP contribution in [0.1, 0.15) is 18.2 Å². The molecule has 1 unspecified atom stereocenters. The van der Waals surface area contributed by atoms with Crippen molar-refractivity contribution in [2.75, 3.05) is 50.7 Å². The number of hydrogen-bond donors (Lipinski definition) is 0. The first-order chi connectivity index (χ1) is 10.5. The van der Waals surface area contributed by atoms with E-state index in [0.29, 0.717) is 11.2 Å². The van der Waals surface area contributed by atoms with E-state index < -0.39 is 11.1 Å². The van der Waals surface area contributed by atoms with Gasteiger partial charge < -0.3 is 9.80 Å². The number of hydrogen-bond acceptors (Lipinski definition) is 5. The van der Waals surface area contributed by atoms with Crippen molar-refractivity contribution in [2.45, 2.75) is 25.6 Å². The van der Waals surface area contributed by atoms with Gasteiger partial charge >= 0.3 is 6.18 Å². The fourth-order valence-corrected chi connectivity index (χ4v) is 4.02. The first-order valence-electron chi connectivity index (χ1n) is 7.71. The summed E-state index contributed by atoms with van der Waals surface area (Å²) in [5, 5.41) is 0.502. The molecule has 0 aliphatic carbocycles. The predicted octanol–water partition coefficient (Wildman–Crippen LogP) is 2.38. The fourth-order valence-electron chi connectivity index (χ4n) is 3.20. The van der Waals surface area contributed by atoms with Crippen LogP contribution in [0.4, 0.5) is 18.3 Å². The number of aromatic nitrogens is 1. The molecule has 2 aliphatic rings. The molecule has 1 atom stereocenters. The van der Waals surface area contributed by atoms with Crippen molar-refractivity contribution in [1.82, 2.24) is 14.8 Å². The zero-order chi connectivity index (χ0) is 15.7. The van der Waals surface area contributed by atoms with Crippen LogP contribution in [0.5, 0.6) is 0 Å². The maximum atomic E-state index is 12.7. The number of anilines is 1. The lowest BCUT2D eigenvalue weighted by molar-refractivity contribution is -0.134. The number of nitrogens with zero attached hydrogens (tertiary/aromatic N) is 4. The molecule has 1 aromatic rings. The van der Waals surface area contributed by atoms with Gasteiger partial charge in [-0.1, -0.05) is 18.3 Å². The van der Waals surface area contributed by atoms with Crippen LogP contribution < -0.4 is 4.90 Å². The van der Waals surface area contributed by atoms with Gasteiger partial charge in [0, 0.05) is 45.3 Å². The molecule has 0 spiro atoms. The van der Waals surface area contributed by atoms with E-state index in [2.05, 4.69) is 21.7 Å². The third-order valence-corrected chi connectivity index (χ3v) is 5.68. The van der Waals surface area contributed by atoms with Crippen LogP contribution in [0.15, 0.2) is 6.20 Å². The molecule has 3 heterocycles. The minimum atomic E-state index is -4.29. The van der Waals surface area contributed by atoms with Crippen LogP contribution in [0.3, 0.4) is 0 Å². The highest BCUT2D eigenvalue weighted by atomic mass is 32.1. The zero-order valence-corrected chi connectivity index (χ0v) is 13.5. The average Bonchev–Trinajstić information content (AvgIpc) is 3.15. The smallest absolute Gasteiger partial charge is 0.346 e. The Morgan fingerprint density at radius 1 is 1.23 bits per heavy atom. The monoisotopic (exact) mass is 334 g/mol. The second-order valence-corrected chi connectivity index (χ2v) is 6.87. The SMILES string of the molecule is CCN1CCN(C2CCN(c3ncc(C(F)(F)F)s3)C2)CC1. The summed E-state index contributed by atoms with van der Waals surface area (Å²) in [5.74, 6) is 0. The molecule has 0 amide bonds. The highest BCUT2D eigenvalue weighted by molar-refractivity contribution is 7.15. The molecule has 22 heavy (non-hydrogen) atoms. The molecular formula is C14H21F3N4S. The van der Waals surface area contributed by atoms with Gasteiger partial charge in [0.2, 0.25) is 0 Å². The van der Waals surface area contributed by atoms with Crippen LogP contribution in [0, 0.1) is 0 Å². The van der Waals surface area contributed by atoms with E-state index in [1.165, 1.54) is 0 Å². The third-order valence-electron chi connectivity index (χ3n) is 4.58. The van der Waals surface area contributed by atoms with E-state index in [-0.39, 0.29) is 0 Å². The number of rotatable bonds is 3. The van der Waals surface area contributed by atoms with Crippen molar-refractivity contribution in [2.24, 2.45) is 0 Å². The topological polar surface area (TPSA) is 22.6 Å². The lowest BCUT2D eigenvalue weighted by Gasteiger charge is -2.37. The molecule has 1 aromatic heterocycles. The molecule has 0 aromatic carbocycles. The van der Waals surface area contributed by atoms with Gasteiger partial charge in [-0.15, -0.1) is 0 Å². The highest BCUT2D eigenvalue weighted by Gasteiger charge is 2.36. The molecular weight excluding hydrogens is 313 g/mol.